The number of halogens is 2. The molecule has 0 saturated heterocycles. The van der Waals surface area contributed by atoms with Gasteiger partial charge < -0.3 is 9.84 Å². The normalized spacial score (nSPS) is 10.6. The number of ether oxygens (including phenoxy) is 1. The van der Waals surface area contributed by atoms with E-state index in [2.05, 4.69) is 0 Å². The van der Waals surface area contributed by atoms with Crippen molar-refractivity contribution in [2.75, 3.05) is 6.61 Å². The minimum Gasteiger partial charge on any atom is -0.493 e. The Morgan fingerprint density at radius 3 is 2.75 bits per heavy atom. The van der Waals surface area contributed by atoms with Crippen molar-refractivity contribution in [1.82, 2.24) is 0 Å². The molecule has 0 amide bonds. The fourth-order valence-electron chi connectivity index (χ4n) is 0.996. The Hall–Kier alpha value is -1.19. The summed E-state index contributed by atoms with van der Waals surface area (Å²) in [6.07, 6.45) is 3.13. The van der Waals surface area contributed by atoms with Gasteiger partial charge in [0.2, 0.25) is 0 Å². The van der Waals surface area contributed by atoms with Crippen molar-refractivity contribution >= 4 is 29.2 Å². The molecule has 0 fully saturated rings. The van der Waals surface area contributed by atoms with Crippen molar-refractivity contribution in [3.8, 4) is 5.75 Å². The van der Waals surface area contributed by atoms with Crippen LogP contribution in [0.1, 0.15) is 6.42 Å². The molecule has 0 atom stereocenters. The molecule has 0 unspecified atom stereocenters. The predicted octanol–water partition coefficient (Wildman–Crippen LogP) is 3.40. The van der Waals surface area contributed by atoms with Gasteiger partial charge in [-0.1, -0.05) is 29.3 Å². The van der Waals surface area contributed by atoms with Gasteiger partial charge in [0.1, 0.15) is 5.75 Å². The zero-order valence-electron chi connectivity index (χ0n) is 8.32. The van der Waals surface area contributed by atoms with Crippen LogP contribution in [0, 0.1) is 0 Å². The first-order chi connectivity index (χ1) is 7.59. The van der Waals surface area contributed by atoms with E-state index in [-0.39, 0.29) is 0 Å². The average Bonchev–Trinajstić information content (AvgIpc) is 2.22. The maximum absolute atomic E-state index is 10.2. The van der Waals surface area contributed by atoms with Gasteiger partial charge in [-0.25, -0.2) is 4.79 Å². The van der Waals surface area contributed by atoms with Crippen molar-refractivity contribution < 1.29 is 14.6 Å². The van der Waals surface area contributed by atoms with Crippen LogP contribution in [0.25, 0.3) is 0 Å². The van der Waals surface area contributed by atoms with E-state index in [1.54, 1.807) is 18.2 Å². The van der Waals surface area contributed by atoms with Crippen LogP contribution in [-0.4, -0.2) is 17.7 Å². The number of carbonyl (C=O) groups is 1. The van der Waals surface area contributed by atoms with Gasteiger partial charge in [-0.3, -0.25) is 0 Å². The summed E-state index contributed by atoms with van der Waals surface area (Å²) in [4.78, 5) is 10.2. The van der Waals surface area contributed by atoms with Gasteiger partial charge in [-0.05, 0) is 18.6 Å². The SMILES string of the molecule is O=C(O)/C=C/CCOc1ccc(Cl)c(Cl)c1. The highest BCUT2D eigenvalue weighted by molar-refractivity contribution is 6.42. The molecule has 0 aliphatic rings. The molecule has 0 saturated carbocycles. The van der Waals surface area contributed by atoms with E-state index in [4.69, 9.17) is 33.0 Å². The van der Waals surface area contributed by atoms with Gasteiger partial charge >= 0.3 is 5.97 Å². The highest BCUT2D eigenvalue weighted by Crippen LogP contribution is 2.26. The number of hydrogen-bond donors (Lipinski definition) is 1. The summed E-state index contributed by atoms with van der Waals surface area (Å²) < 4.78 is 5.34. The average molecular weight is 261 g/mol. The second-order valence-corrected chi connectivity index (χ2v) is 3.77. The van der Waals surface area contributed by atoms with Crippen molar-refractivity contribution in [2.24, 2.45) is 0 Å². The summed E-state index contributed by atoms with van der Waals surface area (Å²) in [5.74, 6) is -0.354. The Kier molecular flexibility index (Phi) is 5.15. The summed E-state index contributed by atoms with van der Waals surface area (Å²) in [6, 6.07) is 4.96. The number of aliphatic carboxylic acids is 1. The molecule has 0 aromatic heterocycles. The van der Waals surface area contributed by atoms with E-state index in [1.807, 2.05) is 0 Å². The molecule has 1 N–H and O–H groups in total. The Bertz CT molecular complexity index is 402. The molecule has 1 aromatic rings. The molecule has 0 heterocycles. The molecule has 0 bridgehead atoms. The van der Waals surface area contributed by atoms with Crippen LogP contribution in [0.2, 0.25) is 10.0 Å². The van der Waals surface area contributed by atoms with Crippen molar-refractivity contribution in [3.05, 3.63) is 40.4 Å². The molecule has 1 rings (SSSR count). The second kappa shape index (κ2) is 6.40. The van der Waals surface area contributed by atoms with Crippen molar-refractivity contribution in [2.45, 2.75) is 6.42 Å². The highest BCUT2D eigenvalue weighted by atomic mass is 35.5. The van der Waals surface area contributed by atoms with Crippen LogP contribution in [0.5, 0.6) is 5.75 Å². The molecule has 16 heavy (non-hydrogen) atoms. The molecule has 3 nitrogen and oxygen atoms in total. The quantitative estimate of drug-likeness (QED) is 0.652. The third-order valence-electron chi connectivity index (χ3n) is 1.70. The van der Waals surface area contributed by atoms with E-state index in [0.29, 0.717) is 28.8 Å². The van der Waals surface area contributed by atoms with Gasteiger partial charge in [0, 0.05) is 12.1 Å². The second-order valence-electron chi connectivity index (χ2n) is 2.95. The zero-order valence-corrected chi connectivity index (χ0v) is 9.83. The van der Waals surface area contributed by atoms with E-state index in [9.17, 15) is 4.79 Å². The van der Waals surface area contributed by atoms with Gasteiger partial charge in [0.05, 0.1) is 16.7 Å². The molecule has 0 radical (unpaired) electrons. The van der Waals surface area contributed by atoms with E-state index >= 15 is 0 Å². The third-order valence-corrected chi connectivity index (χ3v) is 2.44. The van der Waals surface area contributed by atoms with E-state index in [1.165, 1.54) is 6.08 Å². The topological polar surface area (TPSA) is 46.5 Å². The first-order valence-electron chi connectivity index (χ1n) is 4.57. The van der Waals surface area contributed by atoms with Gasteiger partial charge in [0.25, 0.3) is 0 Å². The third kappa shape index (κ3) is 4.55. The molecule has 0 aliphatic carbocycles. The zero-order chi connectivity index (χ0) is 12.0. The Labute approximate surface area is 103 Å². The minimum absolute atomic E-state index is 0.391. The van der Waals surface area contributed by atoms with Gasteiger partial charge in [0.15, 0.2) is 0 Å². The first-order valence-corrected chi connectivity index (χ1v) is 5.32. The van der Waals surface area contributed by atoms with Crippen LogP contribution in [-0.2, 0) is 4.79 Å². The molecule has 1 aromatic carbocycles. The molecule has 0 aliphatic heterocycles. The van der Waals surface area contributed by atoms with Crippen LogP contribution in [0.15, 0.2) is 30.4 Å². The molecular formula is C11H10Cl2O3. The maximum atomic E-state index is 10.2. The van der Waals surface area contributed by atoms with Gasteiger partial charge in [-0.2, -0.15) is 0 Å². The standard InChI is InChI=1S/C11H10Cl2O3/c12-9-5-4-8(7-10(9)13)16-6-2-1-3-11(14)15/h1,3-5,7H,2,6H2,(H,14,15)/b3-1+. The Morgan fingerprint density at radius 2 is 2.12 bits per heavy atom. The van der Waals surface area contributed by atoms with Crippen molar-refractivity contribution in [3.63, 3.8) is 0 Å². The van der Waals surface area contributed by atoms with Crippen LogP contribution in [0.3, 0.4) is 0 Å². The summed E-state index contributed by atoms with van der Waals surface area (Å²) in [5.41, 5.74) is 0. The fourth-order valence-corrected chi connectivity index (χ4v) is 1.28. The number of carboxylic acids is 1. The lowest BCUT2D eigenvalue weighted by Gasteiger charge is -2.05. The number of rotatable bonds is 5. The Balaban J connectivity index is 2.37. The summed E-state index contributed by atoms with van der Waals surface area (Å²) in [7, 11) is 0. The summed E-state index contributed by atoms with van der Waals surface area (Å²) in [5, 5.41) is 9.24. The first kappa shape index (κ1) is 12.9. The molecular weight excluding hydrogens is 251 g/mol. The molecule has 0 spiro atoms. The van der Waals surface area contributed by atoms with E-state index < -0.39 is 5.97 Å². The van der Waals surface area contributed by atoms with Crippen LogP contribution >= 0.6 is 23.2 Å². The number of benzene rings is 1. The maximum Gasteiger partial charge on any atom is 0.327 e. The Morgan fingerprint density at radius 1 is 1.38 bits per heavy atom. The van der Waals surface area contributed by atoms with Crippen LogP contribution < -0.4 is 4.74 Å². The molecule has 5 heteroatoms. The minimum atomic E-state index is -0.963. The predicted molar refractivity (Wildman–Crippen MR) is 63.3 cm³/mol. The monoisotopic (exact) mass is 260 g/mol. The fraction of sp³-hybridized carbons (Fsp3) is 0.182. The largest absolute Gasteiger partial charge is 0.493 e. The van der Waals surface area contributed by atoms with Gasteiger partial charge in [-0.15, -0.1) is 0 Å². The number of hydrogen-bond acceptors (Lipinski definition) is 2. The number of carboxylic acid groups (broad SMARTS) is 1. The van der Waals surface area contributed by atoms with E-state index in [0.717, 1.165) is 6.08 Å². The smallest absolute Gasteiger partial charge is 0.327 e. The lowest BCUT2D eigenvalue weighted by molar-refractivity contribution is -0.131. The molecule has 86 valence electrons. The highest BCUT2D eigenvalue weighted by Gasteiger charge is 1.99. The van der Waals surface area contributed by atoms with Crippen LogP contribution in [0.4, 0.5) is 0 Å². The summed E-state index contributed by atoms with van der Waals surface area (Å²) in [6.45, 7) is 0.391. The lowest BCUT2D eigenvalue weighted by atomic mass is 10.3. The van der Waals surface area contributed by atoms with Crippen molar-refractivity contribution in [1.29, 1.82) is 0 Å². The lowest BCUT2D eigenvalue weighted by Crippen LogP contribution is -1.96. The summed E-state index contributed by atoms with van der Waals surface area (Å²) >= 11 is 11.5.